The van der Waals surface area contributed by atoms with Gasteiger partial charge in [0.25, 0.3) is 5.92 Å². The average Bonchev–Trinajstić information content (AvgIpc) is 3.73. The number of amides is 2. The van der Waals surface area contributed by atoms with E-state index in [1.807, 2.05) is 0 Å². The van der Waals surface area contributed by atoms with Gasteiger partial charge in [-0.3, -0.25) is 14.2 Å². The van der Waals surface area contributed by atoms with Crippen molar-refractivity contribution in [2.45, 2.75) is 74.8 Å². The predicted octanol–water partition coefficient (Wildman–Crippen LogP) is 7.28. The molecule has 16 nitrogen and oxygen atoms in total. The fraction of sp³-hybridized carbons (Fsp3) is 0.381. The molecule has 5 aromatic rings. The molecule has 380 valence electrons. The zero-order chi connectivity index (χ0) is 52.7. The number of carbonyl (C=O) groups excluding carboxylic acids is 2. The van der Waals surface area contributed by atoms with Gasteiger partial charge in [0.15, 0.2) is 28.0 Å². The number of hydrogen-bond donors (Lipinski definition) is 2. The first kappa shape index (κ1) is 52.4. The van der Waals surface area contributed by atoms with Gasteiger partial charge in [-0.25, -0.2) is 40.2 Å². The van der Waals surface area contributed by atoms with E-state index in [9.17, 15) is 66.3 Å². The number of anilines is 1. The van der Waals surface area contributed by atoms with E-state index in [0.29, 0.717) is 12.3 Å². The second-order valence-corrected chi connectivity index (χ2v) is 21.8. The summed E-state index contributed by atoms with van der Waals surface area (Å²) < 4.78 is 201. The fourth-order valence-corrected chi connectivity index (χ4v) is 9.20. The number of benzene rings is 2. The Kier molecular flexibility index (Phi) is 13.3. The summed E-state index contributed by atoms with van der Waals surface area (Å²) in [5.74, 6) is -8.20. The van der Waals surface area contributed by atoms with Crippen molar-refractivity contribution in [3.8, 4) is 23.0 Å². The topological polar surface area (TPSA) is 213 Å². The third-order valence-corrected chi connectivity index (χ3v) is 14.6. The molecular weight excluding hydrogens is 1040 g/mol. The Labute approximate surface area is 399 Å². The summed E-state index contributed by atoms with van der Waals surface area (Å²) in [4.78, 5) is 43.0. The standard InChI is InChI=1S/C42H34ClF10N7O9S2/c1-39(2,70(3,65)66)10-9-22-5-6-23(24-7-8-27(43)32-34(24)59(18-40(46,47)48)57-37(32)60(71(4,67)68)38(64)69-17-30(62)63)33(54-22)28(13-19-11-20(44)14-21(45)12-19)55-29(61)16-58-36-31(35(56-58)42(51,52)53)25-15-26(25)41(36,49)50/h5-8,11-12,14,25-26,28H,13,15-18H2,1-4H3,(H,55,61)(H,62,63)/t25-,26+,28?/m0/s1. The maximum absolute atomic E-state index is 15.5. The Morgan fingerprint density at radius 1 is 0.972 bits per heavy atom. The first-order valence-corrected chi connectivity index (χ1v) is 24.4. The van der Waals surface area contributed by atoms with Gasteiger partial charge in [0.05, 0.1) is 33.9 Å². The number of carboxylic acids is 1. The van der Waals surface area contributed by atoms with Gasteiger partial charge in [-0.05, 0) is 74.4 Å². The van der Waals surface area contributed by atoms with Crippen molar-refractivity contribution >= 4 is 66.2 Å². The Morgan fingerprint density at radius 2 is 1.61 bits per heavy atom. The normalized spacial score (nSPS) is 16.9. The number of carbonyl (C=O) groups is 3. The molecule has 29 heteroatoms. The van der Waals surface area contributed by atoms with E-state index < -0.39 is 166 Å². The van der Waals surface area contributed by atoms with E-state index in [0.717, 1.165) is 42.7 Å². The Hall–Kier alpha value is -6.47. The quantitative estimate of drug-likeness (QED) is 0.0880. The van der Waals surface area contributed by atoms with Gasteiger partial charge in [0.1, 0.15) is 40.9 Å². The maximum Gasteiger partial charge on any atom is 0.435 e. The second-order valence-electron chi connectivity index (χ2n) is 17.0. The molecule has 7 rings (SSSR count). The molecule has 0 radical (unpaired) electrons. The lowest BCUT2D eigenvalue weighted by Gasteiger charge is -2.23. The molecular formula is C42H34ClF10N7O9S2. The van der Waals surface area contributed by atoms with E-state index in [2.05, 4.69) is 37.1 Å². The molecule has 1 unspecified atom stereocenters. The molecule has 2 aromatic carbocycles. The number of sulfone groups is 1. The van der Waals surface area contributed by atoms with Gasteiger partial charge in [-0.2, -0.15) is 49.6 Å². The molecule has 0 saturated heterocycles. The van der Waals surface area contributed by atoms with E-state index in [1.165, 1.54) is 13.8 Å². The molecule has 1 saturated carbocycles. The van der Waals surface area contributed by atoms with Crippen LogP contribution in [0.15, 0.2) is 42.5 Å². The molecule has 3 atom stereocenters. The molecule has 1 fully saturated rings. The number of ether oxygens (including phenoxy) is 1. The largest absolute Gasteiger partial charge is 0.479 e. The first-order chi connectivity index (χ1) is 32.6. The molecule has 0 bridgehead atoms. The number of halogens is 11. The van der Waals surface area contributed by atoms with Gasteiger partial charge in [-0.1, -0.05) is 23.6 Å². The zero-order valence-corrected chi connectivity index (χ0v) is 39.1. The minimum absolute atomic E-state index is 0.150. The smallest absolute Gasteiger partial charge is 0.435 e. The minimum Gasteiger partial charge on any atom is -0.479 e. The summed E-state index contributed by atoms with van der Waals surface area (Å²) in [6.45, 7) is -2.40. The molecule has 2 aliphatic rings. The van der Waals surface area contributed by atoms with E-state index in [4.69, 9.17) is 16.7 Å². The lowest BCUT2D eigenvalue weighted by atomic mass is 9.93. The number of aromatic nitrogens is 5. The van der Waals surface area contributed by atoms with Crippen molar-refractivity contribution in [1.82, 2.24) is 29.9 Å². The summed E-state index contributed by atoms with van der Waals surface area (Å²) in [5.41, 5.74) is -6.34. The van der Waals surface area contributed by atoms with Crippen LogP contribution in [0.25, 0.3) is 22.0 Å². The number of carboxylic acid groups (broad SMARTS) is 1. The highest BCUT2D eigenvalue weighted by Gasteiger charge is 2.68. The lowest BCUT2D eigenvalue weighted by Crippen LogP contribution is -2.38. The van der Waals surface area contributed by atoms with E-state index in [-0.39, 0.29) is 36.9 Å². The van der Waals surface area contributed by atoms with Crippen molar-refractivity contribution in [3.05, 3.63) is 93.0 Å². The van der Waals surface area contributed by atoms with Crippen LogP contribution in [0.3, 0.4) is 0 Å². The van der Waals surface area contributed by atoms with Crippen LogP contribution in [-0.2, 0) is 65.8 Å². The number of pyridine rings is 1. The molecule has 0 aliphatic heterocycles. The molecule has 3 heterocycles. The second kappa shape index (κ2) is 18.0. The van der Waals surface area contributed by atoms with Gasteiger partial charge in [-0.15, -0.1) is 0 Å². The molecule has 2 N–H and O–H groups in total. The van der Waals surface area contributed by atoms with Gasteiger partial charge >= 0.3 is 24.4 Å². The highest BCUT2D eigenvalue weighted by atomic mass is 35.5. The predicted molar refractivity (Wildman–Crippen MR) is 229 cm³/mol. The molecule has 2 aliphatic carbocycles. The summed E-state index contributed by atoms with van der Waals surface area (Å²) in [6, 6.07) is 4.38. The summed E-state index contributed by atoms with van der Waals surface area (Å²) in [7, 11) is -8.91. The van der Waals surface area contributed by atoms with E-state index >= 15 is 8.78 Å². The summed E-state index contributed by atoms with van der Waals surface area (Å²) in [5, 5.41) is 17.3. The summed E-state index contributed by atoms with van der Waals surface area (Å²) in [6.07, 6.45) is -12.2. The van der Waals surface area contributed by atoms with Crippen LogP contribution in [0.2, 0.25) is 5.02 Å². The van der Waals surface area contributed by atoms with Crippen molar-refractivity contribution in [1.29, 1.82) is 0 Å². The number of aliphatic carboxylic acids is 1. The zero-order valence-electron chi connectivity index (χ0n) is 36.7. The van der Waals surface area contributed by atoms with Crippen molar-refractivity contribution in [2.24, 2.45) is 5.92 Å². The third-order valence-electron chi connectivity index (χ3n) is 11.3. The van der Waals surface area contributed by atoms with Crippen LogP contribution in [0.5, 0.6) is 0 Å². The van der Waals surface area contributed by atoms with Crippen molar-refractivity contribution in [3.63, 3.8) is 0 Å². The fourth-order valence-electron chi connectivity index (χ4n) is 7.96. The van der Waals surface area contributed by atoms with Crippen LogP contribution >= 0.6 is 11.6 Å². The monoisotopic (exact) mass is 1070 g/mol. The van der Waals surface area contributed by atoms with Crippen LogP contribution in [0.4, 0.5) is 54.5 Å². The Morgan fingerprint density at radius 3 is 2.18 bits per heavy atom. The lowest BCUT2D eigenvalue weighted by molar-refractivity contribution is -0.143. The number of hydrogen-bond acceptors (Lipinski definition) is 11. The number of fused-ring (bicyclic) bond motifs is 4. The molecule has 0 spiro atoms. The SMILES string of the molecule is CC(C)(C#Cc1ccc(-c2ccc(Cl)c3c(N(C(=O)OCC(=O)O)S(C)(=O)=O)nn(CC(F)(F)F)c23)c(C(Cc2cc(F)cc(F)c2)NC(=O)Cn2nc(C(F)(F)F)c3c2C(F)(F)[C@@H]2C[C@H]32)n1)S(C)(=O)=O. The van der Waals surface area contributed by atoms with E-state index in [1.54, 1.807) is 0 Å². The number of nitrogens with zero attached hydrogens (tertiary/aromatic N) is 6. The number of alkyl halides is 8. The third kappa shape index (κ3) is 10.6. The number of rotatable bonds is 13. The Bertz CT molecular complexity index is 3330. The first-order valence-electron chi connectivity index (χ1n) is 20.3. The molecule has 3 aromatic heterocycles. The van der Waals surface area contributed by atoms with Crippen molar-refractivity contribution < 1.29 is 85.0 Å². The van der Waals surface area contributed by atoms with Crippen LogP contribution in [0.1, 0.15) is 66.1 Å². The van der Waals surface area contributed by atoms with Gasteiger partial charge in [0, 0.05) is 34.9 Å². The van der Waals surface area contributed by atoms with Crippen molar-refractivity contribution in [2.75, 3.05) is 23.4 Å². The number of nitrogens with one attached hydrogen (secondary N) is 1. The minimum atomic E-state index is -5.24. The highest BCUT2D eigenvalue weighted by Crippen LogP contribution is 2.68. The van der Waals surface area contributed by atoms with Crippen LogP contribution in [0, 0.1) is 29.4 Å². The highest BCUT2D eigenvalue weighted by molar-refractivity contribution is 7.93. The van der Waals surface area contributed by atoms with Gasteiger partial charge in [0.2, 0.25) is 15.9 Å². The Balaban J connectivity index is 1.49. The molecule has 2 amide bonds. The molecule has 71 heavy (non-hydrogen) atoms. The average molecular weight is 1070 g/mol. The van der Waals surface area contributed by atoms with Crippen LogP contribution < -0.4 is 9.62 Å². The van der Waals surface area contributed by atoms with Crippen LogP contribution in [-0.4, -0.2) is 94.5 Å². The van der Waals surface area contributed by atoms with Gasteiger partial charge < -0.3 is 15.2 Å². The summed E-state index contributed by atoms with van der Waals surface area (Å²) >= 11 is 6.52. The number of sulfonamides is 1. The maximum atomic E-state index is 15.5.